The molecule has 2 unspecified atom stereocenters. The average molecular weight is 485 g/mol. The van der Waals surface area contributed by atoms with Crippen molar-refractivity contribution in [1.82, 2.24) is 0 Å². The van der Waals surface area contributed by atoms with Gasteiger partial charge in [-0.05, 0) is 60.8 Å². The normalized spacial score (nSPS) is 14.3. The van der Waals surface area contributed by atoms with Crippen molar-refractivity contribution in [1.29, 1.82) is 0 Å². The fourth-order valence-corrected chi connectivity index (χ4v) is 4.53. The molecule has 4 heteroatoms. The second kappa shape index (κ2) is 19.6. The second-order valence-electron chi connectivity index (χ2n) is 12.2. The van der Waals surface area contributed by atoms with Crippen LogP contribution in [0.25, 0.3) is 0 Å². The number of rotatable bonds is 22. The third-order valence-corrected chi connectivity index (χ3v) is 6.15. The Labute approximate surface area is 213 Å². The number of ether oxygens (including phenoxy) is 2. The monoisotopic (exact) mass is 484 g/mol. The van der Waals surface area contributed by atoms with Gasteiger partial charge in [0.2, 0.25) is 0 Å². The van der Waals surface area contributed by atoms with Crippen molar-refractivity contribution in [3.8, 4) is 0 Å². The molecule has 0 aromatic heterocycles. The molecule has 0 aliphatic heterocycles. The van der Waals surface area contributed by atoms with Crippen LogP contribution in [-0.2, 0) is 14.3 Å². The molecule has 204 valence electrons. The van der Waals surface area contributed by atoms with E-state index in [1.165, 1.54) is 83.5 Å². The second-order valence-corrected chi connectivity index (χ2v) is 12.2. The fraction of sp³-hybridized carbons (Fsp3) is 0.967. The molecule has 0 aromatic carbocycles. The van der Waals surface area contributed by atoms with Crippen molar-refractivity contribution < 1.29 is 19.4 Å². The first-order valence-electron chi connectivity index (χ1n) is 14.5. The Bertz CT molecular complexity index is 475. The van der Waals surface area contributed by atoms with E-state index in [4.69, 9.17) is 14.6 Å². The molecule has 0 aromatic rings. The molecule has 0 aliphatic carbocycles. The minimum absolute atomic E-state index is 0.156. The van der Waals surface area contributed by atoms with Crippen LogP contribution in [0, 0.1) is 0 Å². The molecule has 0 rings (SSSR count). The van der Waals surface area contributed by atoms with Crippen molar-refractivity contribution in [3.63, 3.8) is 0 Å². The predicted octanol–water partition coefficient (Wildman–Crippen LogP) is 9.48. The molecule has 0 saturated carbocycles. The van der Waals surface area contributed by atoms with E-state index in [0.29, 0.717) is 6.42 Å². The van der Waals surface area contributed by atoms with Crippen molar-refractivity contribution in [2.45, 2.75) is 187 Å². The summed E-state index contributed by atoms with van der Waals surface area (Å²) in [4.78, 5) is 10.6. The predicted molar refractivity (Wildman–Crippen MR) is 146 cm³/mol. The summed E-state index contributed by atoms with van der Waals surface area (Å²) in [6.45, 7) is 15.2. The maximum absolute atomic E-state index is 10.6. The van der Waals surface area contributed by atoms with Crippen LogP contribution >= 0.6 is 0 Å². The third-order valence-electron chi connectivity index (χ3n) is 6.15. The molecular formula is C30H60O4. The van der Waals surface area contributed by atoms with Crippen LogP contribution in [-0.4, -0.2) is 34.5 Å². The molecule has 4 nitrogen and oxygen atoms in total. The van der Waals surface area contributed by atoms with Crippen molar-refractivity contribution in [2.24, 2.45) is 0 Å². The quantitative estimate of drug-likeness (QED) is 0.155. The number of unbranched alkanes of at least 4 members (excludes halogenated alkanes) is 13. The van der Waals surface area contributed by atoms with Crippen molar-refractivity contribution in [2.75, 3.05) is 0 Å². The van der Waals surface area contributed by atoms with Crippen LogP contribution in [0.5, 0.6) is 0 Å². The highest BCUT2D eigenvalue weighted by Gasteiger charge is 2.30. The summed E-state index contributed by atoms with van der Waals surface area (Å²) in [6.07, 6.45) is 21.2. The van der Waals surface area contributed by atoms with Crippen LogP contribution in [0.1, 0.15) is 164 Å². The van der Waals surface area contributed by atoms with Gasteiger partial charge in [-0.15, -0.1) is 0 Å². The molecule has 2 atom stereocenters. The first-order valence-corrected chi connectivity index (χ1v) is 14.5. The lowest BCUT2D eigenvalue weighted by molar-refractivity contribution is -0.167. The highest BCUT2D eigenvalue weighted by atomic mass is 16.6. The maximum Gasteiger partial charge on any atom is 0.303 e. The standard InChI is InChI=1S/C30H60O4/c1-8-9-10-11-17-20-23-26(33-29(2,3)4)27(34-30(5,6)7)24-21-18-15-13-12-14-16-19-22-25-28(31)32/h26-27H,8-25H2,1-7H3,(H,31,32). The van der Waals surface area contributed by atoms with Gasteiger partial charge in [0.25, 0.3) is 0 Å². The van der Waals surface area contributed by atoms with E-state index in [9.17, 15) is 4.79 Å². The minimum atomic E-state index is -0.671. The molecule has 0 fully saturated rings. The Morgan fingerprint density at radius 1 is 0.588 bits per heavy atom. The molecule has 0 amide bonds. The van der Waals surface area contributed by atoms with Gasteiger partial charge in [0.1, 0.15) is 0 Å². The number of carboxylic acids is 1. The molecule has 0 aliphatic rings. The smallest absolute Gasteiger partial charge is 0.303 e. The molecule has 0 spiro atoms. The maximum atomic E-state index is 10.6. The van der Waals surface area contributed by atoms with Gasteiger partial charge in [0.05, 0.1) is 23.4 Å². The summed E-state index contributed by atoms with van der Waals surface area (Å²) < 4.78 is 13.1. The zero-order valence-corrected chi connectivity index (χ0v) is 24.1. The summed E-state index contributed by atoms with van der Waals surface area (Å²) in [5, 5.41) is 8.69. The minimum Gasteiger partial charge on any atom is -0.481 e. The molecule has 0 saturated heterocycles. The van der Waals surface area contributed by atoms with Crippen LogP contribution in [0.3, 0.4) is 0 Å². The summed E-state index contributed by atoms with van der Waals surface area (Å²) in [7, 11) is 0. The summed E-state index contributed by atoms with van der Waals surface area (Å²) in [5.74, 6) is -0.671. The molecule has 0 radical (unpaired) electrons. The first-order chi connectivity index (χ1) is 15.9. The van der Waals surface area contributed by atoms with Gasteiger partial charge in [-0.3, -0.25) is 4.79 Å². The number of aliphatic carboxylic acids is 1. The first kappa shape index (κ1) is 33.4. The van der Waals surface area contributed by atoms with Crippen molar-refractivity contribution in [3.05, 3.63) is 0 Å². The van der Waals surface area contributed by atoms with Gasteiger partial charge in [-0.1, -0.05) is 96.8 Å². The van der Waals surface area contributed by atoms with Gasteiger partial charge in [0, 0.05) is 6.42 Å². The van der Waals surface area contributed by atoms with Crippen LogP contribution in [0.2, 0.25) is 0 Å². The zero-order chi connectivity index (χ0) is 25.9. The Hall–Kier alpha value is -0.610. The molecule has 0 bridgehead atoms. The molecular weight excluding hydrogens is 424 g/mol. The summed E-state index contributed by atoms with van der Waals surface area (Å²) in [5.41, 5.74) is -0.317. The highest BCUT2D eigenvalue weighted by Crippen LogP contribution is 2.27. The van der Waals surface area contributed by atoms with Gasteiger partial charge in [0.15, 0.2) is 0 Å². The topological polar surface area (TPSA) is 55.8 Å². The SMILES string of the molecule is CCCCCCCCC(OC(C)(C)C)C(CCCCCCCCCCCC(=O)O)OC(C)(C)C. The van der Waals surface area contributed by atoms with Gasteiger partial charge >= 0.3 is 5.97 Å². The van der Waals surface area contributed by atoms with Crippen molar-refractivity contribution >= 4 is 5.97 Å². The van der Waals surface area contributed by atoms with E-state index in [0.717, 1.165) is 25.7 Å². The summed E-state index contributed by atoms with van der Waals surface area (Å²) >= 11 is 0. The Kier molecular flexibility index (Phi) is 19.2. The molecule has 1 N–H and O–H groups in total. The zero-order valence-electron chi connectivity index (χ0n) is 24.1. The lowest BCUT2D eigenvalue weighted by Crippen LogP contribution is -2.41. The summed E-state index contributed by atoms with van der Waals surface area (Å²) in [6, 6.07) is 0. The van der Waals surface area contributed by atoms with E-state index in [-0.39, 0.29) is 23.4 Å². The van der Waals surface area contributed by atoms with E-state index in [1.807, 2.05) is 0 Å². The highest BCUT2D eigenvalue weighted by molar-refractivity contribution is 5.66. The Morgan fingerprint density at radius 3 is 1.24 bits per heavy atom. The lowest BCUT2D eigenvalue weighted by atomic mass is 9.97. The number of carboxylic acid groups (broad SMARTS) is 1. The lowest BCUT2D eigenvalue weighted by Gasteiger charge is -2.37. The molecule has 34 heavy (non-hydrogen) atoms. The third kappa shape index (κ3) is 23.1. The van der Waals surface area contributed by atoms with Gasteiger partial charge in [-0.2, -0.15) is 0 Å². The van der Waals surface area contributed by atoms with E-state index in [2.05, 4.69) is 48.5 Å². The van der Waals surface area contributed by atoms with E-state index < -0.39 is 5.97 Å². The van der Waals surface area contributed by atoms with Crippen LogP contribution < -0.4 is 0 Å². The van der Waals surface area contributed by atoms with Gasteiger partial charge in [-0.25, -0.2) is 0 Å². The number of carbonyl (C=O) groups is 1. The Balaban J connectivity index is 4.45. The Morgan fingerprint density at radius 2 is 0.912 bits per heavy atom. The van der Waals surface area contributed by atoms with Gasteiger partial charge < -0.3 is 14.6 Å². The van der Waals surface area contributed by atoms with E-state index in [1.54, 1.807) is 0 Å². The average Bonchev–Trinajstić information content (AvgIpc) is 2.70. The number of hydrogen-bond donors (Lipinski definition) is 1. The van der Waals surface area contributed by atoms with Crippen LogP contribution in [0.4, 0.5) is 0 Å². The largest absolute Gasteiger partial charge is 0.481 e. The van der Waals surface area contributed by atoms with E-state index >= 15 is 0 Å². The fourth-order valence-electron chi connectivity index (χ4n) is 4.53. The molecule has 0 heterocycles. The van der Waals surface area contributed by atoms with Crippen LogP contribution in [0.15, 0.2) is 0 Å². The number of hydrogen-bond acceptors (Lipinski definition) is 3.